The normalized spacial score (nSPS) is 39.7. The summed E-state index contributed by atoms with van der Waals surface area (Å²) < 4.78 is 0. The molecule has 0 bridgehead atoms. The van der Waals surface area contributed by atoms with Gasteiger partial charge in [-0.1, -0.05) is 19.6 Å². The Labute approximate surface area is 132 Å². The number of hydrogen-bond acceptors (Lipinski definition) is 2. The van der Waals surface area contributed by atoms with Gasteiger partial charge in [0.25, 0.3) is 0 Å². The number of aliphatic hydroxyl groups excluding tert-OH is 1. The van der Waals surface area contributed by atoms with Crippen LogP contribution in [0.5, 0.6) is 5.75 Å². The highest BCUT2D eigenvalue weighted by Crippen LogP contribution is 2.61. The molecule has 2 heteroatoms. The topological polar surface area (TPSA) is 40.5 Å². The molecule has 0 aliphatic heterocycles. The second-order valence-electron chi connectivity index (χ2n) is 7.87. The van der Waals surface area contributed by atoms with Crippen molar-refractivity contribution in [2.75, 3.05) is 0 Å². The average molecular weight is 298 g/mol. The highest BCUT2D eigenvalue weighted by molar-refractivity contribution is 5.59. The van der Waals surface area contributed by atoms with Crippen molar-refractivity contribution in [2.24, 2.45) is 17.3 Å². The van der Waals surface area contributed by atoms with E-state index < -0.39 is 0 Å². The molecule has 1 aromatic rings. The first kappa shape index (κ1) is 14.3. The molecule has 0 heterocycles. The number of benzene rings is 1. The van der Waals surface area contributed by atoms with Gasteiger partial charge in [-0.25, -0.2) is 0 Å². The third kappa shape index (κ3) is 1.83. The van der Waals surface area contributed by atoms with Gasteiger partial charge in [0.1, 0.15) is 5.75 Å². The van der Waals surface area contributed by atoms with E-state index in [-0.39, 0.29) is 11.5 Å². The molecule has 0 amide bonds. The molecule has 0 aromatic heterocycles. The lowest BCUT2D eigenvalue weighted by Crippen LogP contribution is -2.43. The van der Waals surface area contributed by atoms with Gasteiger partial charge in [-0.15, -0.1) is 0 Å². The van der Waals surface area contributed by atoms with Crippen LogP contribution in [-0.4, -0.2) is 16.3 Å². The molecule has 4 rings (SSSR count). The molecule has 3 unspecified atom stereocenters. The molecular formula is C20H26O2. The van der Waals surface area contributed by atoms with Crippen molar-refractivity contribution in [3.05, 3.63) is 35.4 Å². The maximum absolute atomic E-state index is 10.4. The van der Waals surface area contributed by atoms with Crippen molar-refractivity contribution >= 4 is 6.08 Å². The first-order chi connectivity index (χ1) is 10.5. The summed E-state index contributed by atoms with van der Waals surface area (Å²) in [7, 11) is 0. The number of phenolic OH excluding ortho intramolecular Hbond substituents is 1. The van der Waals surface area contributed by atoms with Crippen molar-refractivity contribution in [3.8, 4) is 5.75 Å². The van der Waals surface area contributed by atoms with Gasteiger partial charge >= 0.3 is 0 Å². The molecular weight excluding hydrogens is 272 g/mol. The van der Waals surface area contributed by atoms with E-state index in [0.717, 1.165) is 24.8 Å². The summed E-state index contributed by atoms with van der Waals surface area (Å²) in [6, 6.07) is 4.13. The standard InChI is InChI=1S/C20H26O2/c1-3-12-10-16-13(11-18(12)21)4-5-15-14(16)8-9-20(2)17(15)6-7-19(20)22/h3,10-11,14-15,17,19,21-22H,1,4-9H2,2H3/t14?,15?,17?,19-,20-/m0/s1. The van der Waals surface area contributed by atoms with E-state index in [1.165, 1.54) is 30.4 Å². The first-order valence-electron chi connectivity index (χ1n) is 8.71. The number of hydrogen-bond donors (Lipinski definition) is 2. The van der Waals surface area contributed by atoms with Crippen LogP contribution in [0.4, 0.5) is 0 Å². The van der Waals surface area contributed by atoms with Gasteiger partial charge in [-0.2, -0.15) is 0 Å². The lowest BCUT2D eigenvalue weighted by atomic mass is 9.55. The molecule has 3 aliphatic rings. The van der Waals surface area contributed by atoms with E-state index >= 15 is 0 Å². The van der Waals surface area contributed by atoms with E-state index in [4.69, 9.17) is 0 Å². The van der Waals surface area contributed by atoms with E-state index in [1.54, 1.807) is 6.08 Å². The molecule has 2 N–H and O–H groups in total. The Morgan fingerprint density at radius 2 is 2.05 bits per heavy atom. The lowest BCUT2D eigenvalue weighted by Gasteiger charge is -2.50. The van der Waals surface area contributed by atoms with Gasteiger partial charge in [0.05, 0.1) is 6.10 Å². The van der Waals surface area contributed by atoms with Gasteiger partial charge in [0.15, 0.2) is 0 Å². The summed E-state index contributed by atoms with van der Waals surface area (Å²) in [5, 5.41) is 20.5. The van der Waals surface area contributed by atoms with Crippen LogP contribution < -0.4 is 0 Å². The Morgan fingerprint density at radius 1 is 1.23 bits per heavy atom. The summed E-state index contributed by atoms with van der Waals surface area (Å²) in [5.74, 6) is 2.33. The fourth-order valence-corrected chi connectivity index (χ4v) is 5.76. The van der Waals surface area contributed by atoms with E-state index in [2.05, 4.69) is 19.6 Å². The molecule has 2 nitrogen and oxygen atoms in total. The van der Waals surface area contributed by atoms with Gasteiger partial charge in [0.2, 0.25) is 0 Å². The van der Waals surface area contributed by atoms with Crippen molar-refractivity contribution < 1.29 is 10.2 Å². The van der Waals surface area contributed by atoms with E-state index in [1.807, 2.05) is 6.07 Å². The maximum atomic E-state index is 10.4. The molecule has 2 fully saturated rings. The molecule has 0 saturated heterocycles. The molecule has 118 valence electrons. The summed E-state index contributed by atoms with van der Waals surface area (Å²) >= 11 is 0. The molecule has 0 radical (unpaired) electrons. The number of aromatic hydroxyl groups is 1. The van der Waals surface area contributed by atoms with Crippen molar-refractivity contribution in [1.29, 1.82) is 0 Å². The number of rotatable bonds is 1. The zero-order valence-electron chi connectivity index (χ0n) is 13.4. The molecule has 2 saturated carbocycles. The van der Waals surface area contributed by atoms with E-state index in [0.29, 0.717) is 23.5 Å². The van der Waals surface area contributed by atoms with Gasteiger partial charge in [-0.3, -0.25) is 0 Å². The number of aliphatic hydroxyl groups is 1. The second-order valence-corrected chi connectivity index (χ2v) is 7.87. The second kappa shape index (κ2) is 4.86. The fourth-order valence-electron chi connectivity index (χ4n) is 5.76. The zero-order valence-corrected chi connectivity index (χ0v) is 13.4. The van der Waals surface area contributed by atoms with Crippen LogP contribution >= 0.6 is 0 Å². The minimum atomic E-state index is -0.108. The van der Waals surface area contributed by atoms with Crippen molar-refractivity contribution in [2.45, 2.75) is 57.5 Å². The molecule has 3 aliphatic carbocycles. The summed E-state index contributed by atoms with van der Waals surface area (Å²) in [4.78, 5) is 0. The van der Waals surface area contributed by atoms with Crippen LogP contribution in [0.25, 0.3) is 6.08 Å². The maximum Gasteiger partial charge on any atom is 0.123 e. The van der Waals surface area contributed by atoms with Crippen LogP contribution in [0.1, 0.15) is 61.6 Å². The Morgan fingerprint density at radius 3 is 2.82 bits per heavy atom. The number of fused-ring (bicyclic) bond motifs is 5. The Hall–Kier alpha value is -1.28. The third-order valence-corrected chi connectivity index (χ3v) is 7.04. The van der Waals surface area contributed by atoms with Crippen LogP contribution in [0.2, 0.25) is 0 Å². The lowest BCUT2D eigenvalue weighted by molar-refractivity contribution is -0.0226. The Kier molecular flexibility index (Phi) is 3.16. The van der Waals surface area contributed by atoms with Gasteiger partial charge in [-0.05, 0) is 85.0 Å². The highest BCUT2D eigenvalue weighted by Gasteiger charge is 2.54. The Bertz CT molecular complexity index is 620. The minimum Gasteiger partial charge on any atom is -0.507 e. The molecule has 1 aromatic carbocycles. The summed E-state index contributed by atoms with van der Waals surface area (Å²) in [6.45, 7) is 6.14. The molecule has 5 atom stereocenters. The Balaban J connectivity index is 1.74. The quantitative estimate of drug-likeness (QED) is 0.813. The molecule has 0 spiro atoms. The van der Waals surface area contributed by atoms with Crippen LogP contribution in [0.15, 0.2) is 18.7 Å². The number of aryl methyl sites for hydroxylation is 1. The SMILES string of the molecule is C=Cc1cc2c(cc1O)CCC1C2CC[C@@]2(C)C1CC[C@@H]2O. The first-order valence-corrected chi connectivity index (χ1v) is 8.71. The molecule has 22 heavy (non-hydrogen) atoms. The van der Waals surface area contributed by atoms with Crippen LogP contribution in [0, 0.1) is 17.3 Å². The predicted octanol–water partition coefficient (Wildman–Crippen LogP) is 4.25. The summed E-state index contributed by atoms with van der Waals surface area (Å²) in [6.07, 6.45) is 8.37. The fraction of sp³-hybridized carbons (Fsp3) is 0.600. The smallest absolute Gasteiger partial charge is 0.123 e. The van der Waals surface area contributed by atoms with Gasteiger partial charge in [0, 0.05) is 5.56 Å². The third-order valence-electron chi connectivity index (χ3n) is 7.04. The number of phenols is 1. The average Bonchev–Trinajstić information content (AvgIpc) is 2.82. The van der Waals surface area contributed by atoms with Crippen molar-refractivity contribution in [3.63, 3.8) is 0 Å². The zero-order chi connectivity index (χ0) is 15.5. The largest absolute Gasteiger partial charge is 0.507 e. The van der Waals surface area contributed by atoms with E-state index in [9.17, 15) is 10.2 Å². The summed E-state index contributed by atoms with van der Waals surface area (Å²) in [5.41, 5.74) is 3.76. The van der Waals surface area contributed by atoms with Gasteiger partial charge < -0.3 is 10.2 Å². The van der Waals surface area contributed by atoms with Crippen LogP contribution in [0.3, 0.4) is 0 Å². The minimum absolute atomic E-state index is 0.108. The van der Waals surface area contributed by atoms with Crippen LogP contribution in [-0.2, 0) is 6.42 Å². The monoisotopic (exact) mass is 298 g/mol. The predicted molar refractivity (Wildman–Crippen MR) is 88.8 cm³/mol. The highest BCUT2D eigenvalue weighted by atomic mass is 16.3. The van der Waals surface area contributed by atoms with Crippen molar-refractivity contribution in [1.82, 2.24) is 0 Å².